The van der Waals surface area contributed by atoms with E-state index in [2.05, 4.69) is 9.88 Å². The van der Waals surface area contributed by atoms with Crippen molar-refractivity contribution in [3.63, 3.8) is 0 Å². The Morgan fingerprint density at radius 2 is 1.71 bits per heavy atom. The van der Waals surface area contributed by atoms with Crippen LogP contribution in [0.1, 0.15) is 11.1 Å². The predicted octanol–water partition coefficient (Wildman–Crippen LogP) is 3.07. The average molecular weight is 396 g/mol. The molecule has 1 aliphatic heterocycles. The number of nitrogens with one attached hydrogen (secondary N) is 1. The maximum atomic E-state index is 12.5. The summed E-state index contributed by atoms with van der Waals surface area (Å²) in [6, 6.07) is 17.2. The number of nitrogens with zero attached hydrogens (tertiary/aromatic N) is 2. The number of piperazine rings is 1. The summed E-state index contributed by atoms with van der Waals surface area (Å²) < 4.78 is 0. The van der Waals surface area contributed by atoms with Crippen molar-refractivity contribution in [1.82, 2.24) is 14.8 Å². The Balaban J connectivity index is 1.35. The van der Waals surface area contributed by atoms with E-state index >= 15 is 0 Å². The van der Waals surface area contributed by atoms with E-state index in [9.17, 15) is 9.59 Å². The fourth-order valence-corrected chi connectivity index (χ4v) is 3.72. The SMILES string of the molecule is O=C(Cc1ccc(Cl)cc1)N1CCN(Cc2cc3ccccc3[nH]c2=O)CC1. The number of pyridine rings is 1. The van der Waals surface area contributed by atoms with Crippen LogP contribution in [0.2, 0.25) is 5.02 Å². The standard InChI is InChI=1S/C22H22ClN3O2/c23-19-7-5-16(6-8-19)13-21(27)26-11-9-25(10-12-26)15-18-14-17-3-1-2-4-20(17)24-22(18)28/h1-8,14H,9-13,15H2,(H,24,28). The van der Waals surface area contributed by atoms with Gasteiger partial charge in [-0.2, -0.15) is 0 Å². The summed E-state index contributed by atoms with van der Waals surface area (Å²) in [6.07, 6.45) is 0.390. The molecular weight excluding hydrogens is 374 g/mol. The fraction of sp³-hybridized carbons (Fsp3) is 0.273. The van der Waals surface area contributed by atoms with Gasteiger partial charge in [-0.05, 0) is 35.2 Å². The molecule has 6 heteroatoms. The Bertz CT molecular complexity index is 1040. The summed E-state index contributed by atoms with van der Waals surface area (Å²) in [5.74, 6) is 0.130. The van der Waals surface area contributed by atoms with Crippen LogP contribution in [0, 0.1) is 0 Å². The first-order chi connectivity index (χ1) is 13.6. The highest BCUT2D eigenvalue weighted by molar-refractivity contribution is 6.30. The molecule has 3 aromatic rings. The average Bonchev–Trinajstić information content (AvgIpc) is 2.71. The first-order valence-corrected chi connectivity index (χ1v) is 9.82. The topological polar surface area (TPSA) is 56.4 Å². The summed E-state index contributed by atoms with van der Waals surface area (Å²) in [5.41, 5.74) is 2.55. The smallest absolute Gasteiger partial charge is 0.252 e. The third-order valence-electron chi connectivity index (χ3n) is 5.22. The zero-order valence-corrected chi connectivity index (χ0v) is 16.3. The van der Waals surface area contributed by atoms with Crippen LogP contribution in [-0.2, 0) is 17.8 Å². The molecule has 2 heterocycles. The molecular formula is C22H22ClN3O2. The number of benzene rings is 2. The van der Waals surface area contributed by atoms with E-state index in [1.54, 1.807) is 0 Å². The van der Waals surface area contributed by atoms with Crippen LogP contribution in [0.25, 0.3) is 10.9 Å². The predicted molar refractivity (Wildman–Crippen MR) is 112 cm³/mol. The molecule has 28 heavy (non-hydrogen) atoms. The number of H-pyrrole nitrogens is 1. The van der Waals surface area contributed by atoms with E-state index < -0.39 is 0 Å². The van der Waals surface area contributed by atoms with Crippen LogP contribution >= 0.6 is 11.6 Å². The number of halogens is 1. The summed E-state index contributed by atoms with van der Waals surface area (Å²) in [6.45, 7) is 3.48. The van der Waals surface area contributed by atoms with Gasteiger partial charge in [-0.15, -0.1) is 0 Å². The lowest BCUT2D eigenvalue weighted by Crippen LogP contribution is -2.49. The molecule has 0 radical (unpaired) electrons. The maximum Gasteiger partial charge on any atom is 0.252 e. The molecule has 0 atom stereocenters. The zero-order chi connectivity index (χ0) is 19.5. The summed E-state index contributed by atoms with van der Waals surface area (Å²) >= 11 is 5.90. The maximum absolute atomic E-state index is 12.5. The monoisotopic (exact) mass is 395 g/mol. The van der Waals surface area contributed by atoms with Crippen LogP contribution < -0.4 is 5.56 Å². The van der Waals surface area contributed by atoms with E-state index in [1.807, 2.05) is 59.5 Å². The molecule has 1 aliphatic rings. The number of aromatic amines is 1. The van der Waals surface area contributed by atoms with Crippen LogP contribution in [-0.4, -0.2) is 46.9 Å². The van der Waals surface area contributed by atoms with Gasteiger partial charge in [0.25, 0.3) is 5.56 Å². The minimum atomic E-state index is -0.0417. The lowest BCUT2D eigenvalue weighted by atomic mass is 10.1. The third-order valence-corrected chi connectivity index (χ3v) is 5.47. The van der Waals surface area contributed by atoms with Crippen molar-refractivity contribution >= 4 is 28.4 Å². The van der Waals surface area contributed by atoms with E-state index in [0.717, 1.165) is 35.1 Å². The van der Waals surface area contributed by atoms with Gasteiger partial charge in [-0.3, -0.25) is 14.5 Å². The third kappa shape index (κ3) is 4.26. The summed E-state index contributed by atoms with van der Waals surface area (Å²) in [7, 11) is 0. The van der Waals surface area contributed by atoms with Crippen molar-refractivity contribution in [2.24, 2.45) is 0 Å². The van der Waals surface area contributed by atoms with Crippen molar-refractivity contribution in [3.8, 4) is 0 Å². The van der Waals surface area contributed by atoms with Gasteiger partial charge in [0.05, 0.1) is 6.42 Å². The van der Waals surface area contributed by atoms with Gasteiger partial charge in [-0.1, -0.05) is 41.9 Å². The highest BCUT2D eigenvalue weighted by atomic mass is 35.5. The quantitative estimate of drug-likeness (QED) is 0.738. The minimum Gasteiger partial charge on any atom is -0.340 e. The van der Waals surface area contributed by atoms with E-state index in [4.69, 9.17) is 11.6 Å². The highest BCUT2D eigenvalue weighted by Crippen LogP contribution is 2.14. The van der Waals surface area contributed by atoms with Gasteiger partial charge in [0, 0.05) is 48.8 Å². The lowest BCUT2D eigenvalue weighted by molar-refractivity contribution is -0.132. The Kier molecular flexibility index (Phi) is 5.46. The lowest BCUT2D eigenvalue weighted by Gasteiger charge is -2.34. The van der Waals surface area contributed by atoms with Crippen molar-refractivity contribution in [2.45, 2.75) is 13.0 Å². The molecule has 1 saturated heterocycles. The van der Waals surface area contributed by atoms with Crippen molar-refractivity contribution in [1.29, 1.82) is 0 Å². The number of para-hydroxylation sites is 1. The molecule has 2 aromatic carbocycles. The number of fused-ring (bicyclic) bond motifs is 1. The van der Waals surface area contributed by atoms with Gasteiger partial charge in [0.15, 0.2) is 0 Å². The van der Waals surface area contributed by atoms with Gasteiger partial charge in [0.2, 0.25) is 5.91 Å². The molecule has 1 amide bonds. The molecule has 5 nitrogen and oxygen atoms in total. The number of rotatable bonds is 4. The largest absolute Gasteiger partial charge is 0.340 e. The number of aromatic nitrogens is 1. The fourth-order valence-electron chi connectivity index (χ4n) is 3.59. The Labute approximate surface area is 168 Å². The van der Waals surface area contributed by atoms with Gasteiger partial charge in [0.1, 0.15) is 0 Å². The second-order valence-corrected chi connectivity index (χ2v) is 7.61. The van der Waals surface area contributed by atoms with Crippen molar-refractivity contribution in [3.05, 3.63) is 81.1 Å². The van der Waals surface area contributed by atoms with Crippen molar-refractivity contribution < 1.29 is 4.79 Å². The number of hydrogen-bond acceptors (Lipinski definition) is 3. The summed E-state index contributed by atoms with van der Waals surface area (Å²) in [4.78, 5) is 32.0. The minimum absolute atomic E-state index is 0.0417. The van der Waals surface area contributed by atoms with Crippen molar-refractivity contribution in [2.75, 3.05) is 26.2 Å². The first-order valence-electron chi connectivity index (χ1n) is 9.44. The molecule has 144 valence electrons. The summed E-state index contributed by atoms with van der Waals surface area (Å²) in [5, 5.41) is 1.71. The Hall–Kier alpha value is -2.63. The molecule has 0 unspecified atom stereocenters. The van der Waals surface area contributed by atoms with Crippen LogP contribution in [0.5, 0.6) is 0 Å². The molecule has 0 bridgehead atoms. The number of carbonyl (C=O) groups excluding carboxylic acids is 1. The van der Waals surface area contributed by atoms with Gasteiger partial charge >= 0.3 is 0 Å². The first kappa shape index (κ1) is 18.7. The highest BCUT2D eigenvalue weighted by Gasteiger charge is 2.22. The molecule has 1 fully saturated rings. The second-order valence-electron chi connectivity index (χ2n) is 7.17. The normalized spacial score (nSPS) is 15.1. The molecule has 4 rings (SSSR count). The number of carbonyl (C=O) groups is 1. The molecule has 1 aromatic heterocycles. The zero-order valence-electron chi connectivity index (χ0n) is 15.5. The number of hydrogen-bond donors (Lipinski definition) is 1. The van der Waals surface area contributed by atoms with Crippen LogP contribution in [0.3, 0.4) is 0 Å². The molecule has 1 N–H and O–H groups in total. The van der Waals surface area contributed by atoms with Gasteiger partial charge < -0.3 is 9.88 Å². The van der Waals surface area contributed by atoms with Gasteiger partial charge in [-0.25, -0.2) is 0 Å². The molecule has 0 aliphatic carbocycles. The van der Waals surface area contributed by atoms with E-state index in [1.165, 1.54) is 0 Å². The van der Waals surface area contributed by atoms with E-state index in [-0.39, 0.29) is 11.5 Å². The molecule has 0 spiro atoms. The van der Waals surface area contributed by atoms with Crippen LogP contribution in [0.15, 0.2) is 59.4 Å². The Morgan fingerprint density at radius 1 is 1.00 bits per heavy atom. The molecule has 0 saturated carbocycles. The number of amides is 1. The van der Waals surface area contributed by atoms with Crippen LogP contribution in [0.4, 0.5) is 0 Å². The second kappa shape index (κ2) is 8.17. The van der Waals surface area contributed by atoms with E-state index in [0.29, 0.717) is 31.1 Å². The Morgan fingerprint density at radius 3 is 2.46 bits per heavy atom.